The zero-order valence-electron chi connectivity index (χ0n) is 16.1. The number of nitrogens with zero attached hydrogens (tertiary/aromatic N) is 1. The molecule has 3 atom stereocenters. The van der Waals surface area contributed by atoms with Gasteiger partial charge in [-0.3, -0.25) is 4.90 Å². The van der Waals surface area contributed by atoms with Crippen molar-refractivity contribution in [3.05, 3.63) is 35.4 Å². The van der Waals surface area contributed by atoms with Crippen LogP contribution in [0, 0.1) is 24.2 Å². The van der Waals surface area contributed by atoms with Crippen molar-refractivity contribution < 1.29 is 28.2 Å². The first kappa shape index (κ1) is 20.5. The Morgan fingerprint density at radius 2 is 2.00 bits per heavy atom. The first-order valence-corrected chi connectivity index (χ1v) is 9.23. The van der Waals surface area contributed by atoms with E-state index in [9.17, 15) is 28.2 Å². The number of fused-ring (bicyclic) bond motifs is 2. The predicted octanol–water partition coefficient (Wildman–Crippen LogP) is 4.34. The van der Waals surface area contributed by atoms with Gasteiger partial charge >= 0.3 is 12.3 Å². The van der Waals surface area contributed by atoms with Crippen LogP contribution in [0.2, 0.25) is 0 Å². The summed E-state index contributed by atoms with van der Waals surface area (Å²) in [6.07, 6.45) is -6.04. The normalized spacial score (nSPS) is 30.0. The molecule has 2 aliphatic heterocycles. The summed E-state index contributed by atoms with van der Waals surface area (Å²) in [6, 6.07) is 6.61. The number of rotatable bonds is 1. The molecule has 2 aliphatic rings. The molecule has 2 heterocycles. The number of halogens is 3. The standard InChI is InChI=1S/C21H24F3NO3/c1-14-5-4-6-15(11-14)7-9-19(28)12-16-8-10-20(13-19,25(16)17(26)27)18(2,3)21(22,23)24/h4-6,11,16,28H,8,10,12-13H2,1-3H3,(H,26,27). The van der Waals surface area contributed by atoms with Crippen LogP contribution in [0.25, 0.3) is 0 Å². The molecule has 1 aromatic carbocycles. The first-order chi connectivity index (χ1) is 12.8. The van der Waals surface area contributed by atoms with Gasteiger partial charge in [-0.15, -0.1) is 0 Å². The summed E-state index contributed by atoms with van der Waals surface area (Å²) in [6.45, 7) is 3.93. The molecule has 2 saturated heterocycles. The Labute approximate surface area is 162 Å². The van der Waals surface area contributed by atoms with Crippen LogP contribution in [0.3, 0.4) is 0 Å². The molecule has 7 heteroatoms. The third-order valence-corrected chi connectivity index (χ3v) is 6.41. The number of carbonyl (C=O) groups is 1. The Kier molecular flexibility index (Phi) is 4.70. The van der Waals surface area contributed by atoms with Gasteiger partial charge in [0, 0.05) is 24.4 Å². The van der Waals surface area contributed by atoms with Gasteiger partial charge in [0.15, 0.2) is 0 Å². The van der Waals surface area contributed by atoms with E-state index in [1.807, 2.05) is 25.1 Å². The highest BCUT2D eigenvalue weighted by molar-refractivity contribution is 5.68. The molecule has 4 nitrogen and oxygen atoms in total. The minimum Gasteiger partial charge on any atom is -0.465 e. The fourth-order valence-electron chi connectivity index (χ4n) is 4.76. The maximum absolute atomic E-state index is 13.9. The van der Waals surface area contributed by atoms with Gasteiger partial charge in [0.1, 0.15) is 5.60 Å². The van der Waals surface area contributed by atoms with Gasteiger partial charge in [0.2, 0.25) is 0 Å². The fourth-order valence-corrected chi connectivity index (χ4v) is 4.76. The van der Waals surface area contributed by atoms with Crippen LogP contribution in [0.4, 0.5) is 18.0 Å². The molecule has 0 radical (unpaired) electrons. The van der Waals surface area contributed by atoms with Gasteiger partial charge in [-0.25, -0.2) is 4.79 Å². The number of benzene rings is 1. The summed E-state index contributed by atoms with van der Waals surface area (Å²) >= 11 is 0. The van der Waals surface area contributed by atoms with Crippen molar-refractivity contribution in [2.75, 3.05) is 0 Å². The minimum absolute atomic E-state index is 0.00774. The van der Waals surface area contributed by atoms with Crippen molar-refractivity contribution in [2.24, 2.45) is 5.41 Å². The topological polar surface area (TPSA) is 60.8 Å². The number of piperidine rings is 1. The summed E-state index contributed by atoms with van der Waals surface area (Å²) in [5, 5.41) is 20.8. The molecule has 1 aromatic rings. The van der Waals surface area contributed by atoms with Crippen LogP contribution in [-0.4, -0.2) is 44.6 Å². The largest absolute Gasteiger partial charge is 0.465 e. The molecule has 152 valence electrons. The second kappa shape index (κ2) is 6.41. The van der Waals surface area contributed by atoms with E-state index in [4.69, 9.17) is 0 Å². The minimum atomic E-state index is -4.63. The summed E-state index contributed by atoms with van der Waals surface area (Å²) in [4.78, 5) is 12.8. The third-order valence-electron chi connectivity index (χ3n) is 6.41. The van der Waals surface area contributed by atoms with E-state index in [0.717, 1.165) is 24.3 Å². The molecule has 2 N–H and O–H groups in total. The lowest BCUT2D eigenvalue weighted by Crippen LogP contribution is -2.68. The van der Waals surface area contributed by atoms with Gasteiger partial charge in [0.25, 0.3) is 0 Å². The van der Waals surface area contributed by atoms with Crippen molar-refractivity contribution in [3.63, 3.8) is 0 Å². The van der Waals surface area contributed by atoms with Crippen LogP contribution >= 0.6 is 0 Å². The highest BCUT2D eigenvalue weighted by atomic mass is 19.4. The molecule has 3 rings (SSSR count). The molecule has 3 unspecified atom stereocenters. The van der Waals surface area contributed by atoms with E-state index < -0.39 is 34.9 Å². The SMILES string of the molecule is Cc1cccc(C#CC2(O)CC3CCC(C(C)(C)C(F)(F)F)(C2)N3C(=O)O)c1. The lowest BCUT2D eigenvalue weighted by Gasteiger charge is -2.55. The van der Waals surface area contributed by atoms with Crippen LogP contribution in [0.15, 0.2) is 24.3 Å². The van der Waals surface area contributed by atoms with Crippen molar-refractivity contribution in [1.29, 1.82) is 0 Å². The fraction of sp³-hybridized carbons (Fsp3) is 0.571. The Morgan fingerprint density at radius 1 is 1.32 bits per heavy atom. The van der Waals surface area contributed by atoms with Crippen molar-refractivity contribution in [3.8, 4) is 11.8 Å². The van der Waals surface area contributed by atoms with Crippen molar-refractivity contribution in [2.45, 2.75) is 69.8 Å². The Bertz CT molecular complexity index is 854. The predicted molar refractivity (Wildman–Crippen MR) is 97.7 cm³/mol. The van der Waals surface area contributed by atoms with E-state index in [1.165, 1.54) is 0 Å². The average molecular weight is 395 g/mol. The lowest BCUT2D eigenvalue weighted by atomic mass is 9.63. The summed E-state index contributed by atoms with van der Waals surface area (Å²) in [5.74, 6) is 5.64. The summed E-state index contributed by atoms with van der Waals surface area (Å²) < 4.78 is 41.7. The van der Waals surface area contributed by atoms with Gasteiger partial charge in [-0.05, 0) is 51.3 Å². The van der Waals surface area contributed by atoms with Gasteiger partial charge in [-0.2, -0.15) is 13.2 Å². The average Bonchev–Trinajstić information content (AvgIpc) is 2.83. The van der Waals surface area contributed by atoms with E-state index in [2.05, 4.69) is 11.8 Å². The number of aryl methyl sites for hydroxylation is 1. The van der Waals surface area contributed by atoms with Crippen LogP contribution in [0.5, 0.6) is 0 Å². The maximum Gasteiger partial charge on any atom is 0.408 e. The molecular weight excluding hydrogens is 371 g/mol. The number of alkyl halides is 3. The van der Waals surface area contributed by atoms with E-state index >= 15 is 0 Å². The molecule has 1 amide bonds. The number of hydrogen-bond donors (Lipinski definition) is 2. The zero-order chi connectivity index (χ0) is 21.0. The van der Waals surface area contributed by atoms with Crippen LogP contribution < -0.4 is 0 Å². The van der Waals surface area contributed by atoms with Crippen molar-refractivity contribution >= 4 is 6.09 Å². The monoisotopic (exact) mass is 395 g/mol. The smallest absolute Gasteiger partial charge is 0.408 e. The summed E-state index contributed by atoms with van der Waals surface area (Å²) in [5.41, 5.74) is -4.12. The zero-order valence-corrected chi connectivity index (χ0v) is 16.1. The second-order valence-corrected chi connectivity index (χ2v) is 8.53. The molecule has 0 aromatic heterocycles. The lowest BCUT2D eigenvalue weighted by molar-refractivity contribution is -0.260. The van der Waals surface area contributed by atoms with Gasteiger partial charge in [-0.1, -0.05) is 24.0 Å². The summed E-state index contributed by atoms with van der Waals surface area (Å²) in [7, 11) is 0. The molecule has 2 fully saturated rings. The van der Waals surface area contributed by atoms with Gasteiger partial charge in [0.05, 0.1) is 11.0 Å². The third kappa shape index (κ3) is 3.14. The van der Waals surface area contributed by atoms with Crippen molar-refractivity contribution in [1.82, 2.24) is 4.90 Å². The highest BCUT2D eigenvalue weighted by Crippen LogP contribution is 2.60. The Morgan fingerprint density at radius 3 is 2.57 bits per heavy atom. The quantitative estimate of drug-likeness (QED) is 0.696. The van der Waals surface area contributed by atoms with Crippen LogP contribution in [0.1, 0.15) is 50.7 Å². The second-order valence-electron chi connectivity index (χ2n) is 8.53. The van der Waals surface area contributed by atoms with E-state index in [0.29, 0.717) is 5.56 Å². The number of carboxylic acid groups (broad SMARTS) is 1. The van der Waals surface area contributed by atoms with Crippen LogP contribution in [-0.2, 0) is 0 Å². The highest BCUT2D eigenvalue weighted by Gasteiger charge is 2.70. The Hall–Kier alpha value is -2.20. The van der Waals surface area contributed by atoms with E-state index in [1.54, 1.807) is 6.07 Å². The molecule has 28 heavy (non-hydrogen) atoms. The van der Waals surface area contributed by atoms with Gasteiger partial charge < -0.3 is 10.2 Å². The number of amides is 1. The first-order valence-electron chi connectivity index (χ1n) is 9.23. The molecular formula is C21H24F3NO3. The molecule has 2 bridgehead atoms. The molecule has 0 saturated carbocycles. The molecule has 0 aliphatic carbocycles. The molecule has 0 spiro atoms. The number of aliphatic hydroxyl groups is 1. The maximum atomic E-state index is 13.9. The van der Waals surface area contributed by atoms with E-state index in [-0.39, 0.29) is 25.7 Å². The number of hydrogen-bond acceptors (Lipinski definition) is 2. The Balaban J connectivity index is 2.05.